The predicted octanol–water partition coefficient (Wildman–Crippen LogP) is 1.29. The van der Waals surface area contributed by atoms with Gasteiger partial charge in [0.25, 0.3) is 11.9 Å². The van der Waals surface area contributed by atoms with Gasteiger partial charge >= 0.3 is 0 Å². The number of aliphatic hydroxyl groups is 1. The number of carboxylic acids is 1. The van der Waals surface area contributed by atoms with E-state index in [0.717, 1.165) is 12.5 Å². The van der Waals surface area contributed by atoms with Gasteiger partial charge in [0.1, 0.15) is 12.4 Å². The highest BCUT2D eigenvalue weighted by atomic mass is 16.5. The summed E-state index contributed by atoms with van der Waals surface area (Å²) in [6.07, 6.45) is 6.32. The minimum atomic E-state index is -0.833. The van der Waals surface area contributed by atoms with Gasteiger partial charge in [0.15, 0.2) is 0 Å². The van der Waals surface area contributed by atoms with Gasteiger partial charge in [-0.15, -0.1) is 0 Å². The highest BCUT2D eigenvalue weighted by Gasteiger charge is 2.34. The summed E-state index contributed by atoms with van der Waals surface area (Å²) in [5.74, 6) is -0.179. The lowest BCUT2D eigenvalue weighted by molar-refractivity contribution is -0.134. The van der Waals surface area contributed by atoms with E-state index in [1.807, 2.05) is 29.8 Å². The van der Waals surface area contributed by atoms with Crippen molar-refractivity contribution in [3.05, 3.63) is 48.0 Å². The van der Waals surface area contributed by atoms with Gasteiger partial charge in [-0.2, -0.15) is 0 Å². The van der Waals surface area contributed by atoms with Crippen LogP contribution in [-0.2, 0) is 11.3 Å². The van der Waals surface area contributed by atoms with Crippen LogP contribution in [0, 0.1) is 6.92 Å². The number of piperidine rings is 1. The van der Waals surface area contributed by atoms with E-state index >= 15 is 0 Å². The Hall–Kier alpha value is -2.91. The predicted molar refractivity (Wildman–Crippen MR) is 111 cm³/mol. The van der Waals surface area contributed by atoms with Gasteiger partial charge in [-0.25, -0.2) is 4.98 Å². The third kappa shape index (κ3) is 6.85. The third-order valence-corrected chi connectivity index (χ3v) is 4.83. The summed E-state index contributed by atoms with van der Waals surface area (Å²) in [5.41, 5.74) is 6.26. The number of aryl methyl sites for hydroxylation is 1. The Kier molecular flexibility index (Phi) is 8.37. The zero-order valence-electron chi connectivity index (χ0n) is 17.5. The van der Waals surface area contributed by atoms with Gasteiger partial charge in [-0.3, -0.25) is 9.59 Å². The molecule has 1 fully saturated rings. The zero-order chi connectivity index (χ0) is 22.1. The monoisotopic (exact) mass is 418 g/mol. The molecule has 0 aliphatic carbocycles. The number of carbonyl (C=O) groups excluding carboxylic acids is 1. The van der Waals surface area contributed by atoms with Crippen molar-refractivity contribution in [1.29, 1.82) is 0 Å². The van der Waals surface area contributed by atoms with E-state index in [1.54, 1.807) is 23.5 Å². The second-order valence-electron chi connectivity index (χ2n) is 7.39. The lowest BCUT2D eigenvalue weighted by atomic mass is 9.91. The van der Waals surface area contributed by atoms with Crippen molar-refractivity contribution in [3.8, 4) is 5.75 Å². The molecule has 4 N–H and O–H groups in total. The molecule has 2 heterocycles. The quantitative estimate of drug-likeness (QED) is 0.644. The average Bonchev–Trinajstić information content (AvgIpc) is 3.19. The van der Waals surface area contributed by atoms with Crippen LogP contribution in [0.3, 0.4) is 0 Å². The standard InChI is InChI=1S/C19H26N4O3.C2H4O2/c1-15-2-3-16(12-17(15)26-11-6-20)18(24)23-8-4-19(25,5-9-23)13-22-10-7-21-14-22;1-2(3)4/h2-3,7,10,12,14,25H,4-6,8-9,11,13,20H2,1H3;1H3,(H,3,4). The number of hydrogen-bond acceptors (Lipinski definition) is 6. The summed E-state index contributed by atoms with van der Waals surface area (Å²) in [6.45, 7) is 5.42. The van der Waals surface area contributed by atoms with Crippen molar-refractivity contribution in [2.45, 2.75) is 38.8 Å². The summed E-state index contributed by atoms with van der Waals surface area (Å²) < 4.78 is 7.49. The summed E-state index contributed by atoms with van der Waals surface area (Å²) in [6, 6.07) is 5.48. The third-order valence-electron chi connectivity index (χ3n) is 4.83. The van der Waals surface area contributed by atoms with Gasteiger partial charge in [0, 0.05) is 44.5 Å². The fraction of sp³-hybridized carbons (Fsp3) is 0.476. The highest BCUT2D eigenvalue weighted by molar-refractivity contribution is 5.94. The van der Waals surface area contributed by atoms with Crippen LogP contribution in [0.15, 0.2) is 36.9 Å². The van der Waals surface area contributed by atoms with Crippen LogP contribution in [-0.4, -0.2) is 68.4 Å². The number of carboxylic acid groups (broad SMARTS) is 1. The fourth-order valence-corrected chi connectivity index (χ4v) is 3.24. The number of rotatable bonds is 6. The molecule has 0 atom stereocenters. The molecule has 1 aromatic heterocycles. The van der Waals surface area contributed by atoms with Crippen molar-refractivity contribution in [2.24, 2.45) is 5.73 Å². The minimum absolute atomic E-state index is 0.0349. The number of amides is 1. The Balaban J connectivity index is 0.000000735. The second kappa shape index (κ2) is 10.7. The van der Waals surface area contributed by atoms with Crippen LogP contribution in [0.1, 0.15) is 35.7 Å². The van der Waals surface area contributed by atoms with Crippen LogP contribution in [0.2, 0.25) is 0 Å². The molecule has 1 aliphatic rings. The maximum Gasteiger partial charge on any atom is 0.300 e. The van der Waals surface area contributed by atoms with Crippen molar-refractivity contribution in [1.82, 2.24) is 14.5 Å². The largest absolute Gasteiger partial charge is 0.492 e. The number of likely N-dealkylation sites (tertiary alicyclic amines) is 1. The van der Waals surface area contributed by atoms with Crippen molar-refractivity contribution in [3.63, 3.8) is 0 Å². The molecular weight excluding hydrogens is 388 g/mol. The van der Waals surface area contributed by atoms with Gasteiger partial charge in [-0.05, 0) is 37.5 Å². The number of imidazole rings is 1. The molecule has 9 nitrogen and oxygen atoms in total. The average molecular weight is 418 g/mol. The number of aromatic nitrogens is 2. The van der Waals surface area contributed by atoms with E-state index in [-0.39, 0.29) is 5.91 Å². The van der Waals surface area contributed by atoms with Crippen LogP contribution >= 0.6 is 0 Å². The smallest absolute Gasteiger partial charge is 0.300 e. The molecule has 0 unspecified atom stereocenters. The summed E-state index contributed by atoms with van der Waals surface area (Å²) in [7, 11) is 0. The van der Waals surface area contributed by atoms with Crippen molar-refractivity contribution >= 4 is 11.9 Å². The van der Waals surface area contributed by atoms with Crippen LogP contribution in [0.25, 0.3) is 0 Å². The first kappa shape index (κ1) is 23.4. The zero-order valence-corrected chi connectivity index (χ0v) is 17.5. The Morgan fingerprint density at radius 1 is 1.30 bits per heavy atom. The molecule has 0 spiro atoms. The number of nitrogens with two attached hydrogens (primary N) is 1. The summed E-state index contributed by atoms with van der Waals surface area (Å²) in [4.78, 5) is 27.6. The van der Waals surface area contributed by atoms with Crippen LogP contribution < -0.4 is 10.5 Å². The number of carbonyl (C=O) groups is 2. The first-order valence-corrected chi connectivity index (χ1v) is 9.84. The molecule has 9 heteroatoms. The lowest BCUT2D eigenvalue weighted by Gasteiger charge is -2.38. The fourth-order valence-electron chi connectivity index (χ4n) is 3.24. The minimum Gasteiger partial charge on any atom is -0.492 e. The number of hydrogen-bond donors (Lipinski definition) is 3. The van der Waals surface area contributed by atoms with Gasteiger partial charge < -0.3 is 30.2 Å². The van der Waals surface area contributed by atoms with Crippen LogP contribution in [0.5, 0.6) is 5.75 Å². The van der Waals surface area contributed by atoms with E-state index in [0.29, 0.717) is 56.9 Å². The Morgan fingerprint density at radius 3 is 2.53 bits per heavy atom. The molecule has 1 aliphatic heterocycles. The van der Waals surface area contributed by atoms with Crippen molar-refractivity contribution < 1.29 is 24.5 Å². The number of aliphatic carboxylic acids is 1. The maximum atomic E-state index is 12.8. The van der Waals surface area contributed by atoms with Gasteiger partial charge in [0.05, 0.1) is 18.5 Å². The van der Waals surface area contributed by atoms with Gasteiger partial charge in [-0.1, -0.05) is 6.07 Å². The molecule has 0 radical (unpaired) electrons. The Bertz CT molecular complexity index is 826. The van der Waals surface area contributed by atoms with Crippen molar-refractivity contribution in [2.75, 3.05) is 26.2 Å². The highest BCUT2D eigenvalue weighted by Crippen LogP contribution is 2.26. The molecule has 1 saturated heterocycles. The Morgan fingerprint density at radius 2 is 1.97 bits per heavy atom. The summed E-state index contributed by atoms with van der Waals surface area (Å²) >= 11 is 0. The van der Waals surface area contributed by atoms with E-state index in [1.165, 1.54) is 0 Å². The molecule has 164 valence electrons. The molecule has 1 aromatic carbocycles. The van der Waals surface area contributed by atoms with E-state index in [2.05, 4.69) is 4.98 Å². The SMILES string of the molecule is CC(=O)O.Cc1ccc(C(=O)N2CCC(O)(Cn3ccnc3)CC2)cc1OCCN. The Labute approximate surface area is 176 Å². The molecule has 2 aromatic rings. The molecule has 3 rings (SSSR count). The number of nitrogens with zero attached hydrogens (tertiary/aromatic N) is 3. The molecule has 0 bridgehead atoms. The molecule has 0 saturated carbocycles. The summed E-state index contributed by atoms with van der Waals surface area (Å²) in [5, 5.41) is 18.2. The second-order valence-corrected chi connectivity index (χ2v) is 7.39. The lowest BCUT2D eigenvalue weighted by Crippen LogP contribution is -2.48. The first-order valence-electron chi connectivity index (χ1n) is 9.84. The molecule has 30 heavy (non-hydrogen) atoms. The normalized spacial score (nSPS) is 15.1. The molecular formula is C21H30N4O5. The maximum absolute atomic E-state index is 12.8. The number of ether oxygens (including phenoxy) is 1. The topological polar surface area (TPSA) is 131 Å². The first-order chi connectivity index (χ1) is 14.2. The van der Waals surface area contributed by atoms with E-state index < -0.39 is 11.6 Å². The molecule has 1 amide bonds. The van der Waals surface area contributed by atoms with Gasteiger partial charge in [0.2, 0.25) is 0 Å². The van der Waals surface area contributed by atoms with E-state index in [4.69, 9.17) is 20.4 Å². The van der Waals surface area contributed by atoms with E-state index in [9.17, 15) is 9.90 Å². The number of benzene rings is 1. The van der Waals surface area contributed by atoms with Crippen LogP contribution in [0.4, 0.5) is 0 Å².